The third kappa shape index (κ3) is 8.11. The van der Waals surface area contributed by atoms with Crippen LogP contribution in [0.4, 0.5) is 0 Å². The Balaban J connectivity index is 1.74. The quantitative estimate of drug-likeness (QED) is 0.235. The van der Waals surface area contributed by atoms with Crippen LogP contribution in [0.3, 0.4) is 0 Å². The molecule has 8 heteroatoms. The largest absolute Gasteiger partial charge is 0.481 e. The number of carboxylic acids is 1. The minimum Gasteiger partial charge on any atom is -0.481 e. The van der Waals surface area contributed by atoms with Gasteiger partial charge < -0.3 is 9.84 Å². The molecule has 5 nitrogen and oxygen atoms in total. The zero-order valence-electron chi connectivity index (χ0n) is 18.1. The molecule has 3 rings (SSSR count). The molecule has 0 amide bonds. The first kappa shape index (κ1) is 25.1. The lowest BCUT2D eigenvalue weighted by Gasteiger charge is -2.17. The van der Waals surface area contributed by atoms with Gasteiger partial charge in [0.2, 0.25) is 0 Å². The van der Waals surface area contributed by atoms with Crippen LogP contribution in [0.2, 0.25) is 5.02 Å². The summed E-state index contributed by atoms with van der Waals surface area (Å²) < 4.78 is 4.73. The topological polar surface area (TPSA) is 76.5 Å². The van der Waals surface area contributed by atoms with Gasteiger partial charge in [0.1, 0.15) is 0 Å². The summed E-state index contributed by atoms with van der Waals surface area (Å²) >= 11 is 9.27. The average molecular weight is 502 g/mol. The highest BCUT2D eigenvalue weighted by Gasteiger charge is 2.15. The molecule has 0 saturated carbocycles. The second-order valence-electron chi connectivity index (χ2n) is 7.12. The molecular weight excluding hydrogens is 478 g/mol. The van der Waals surface area contributed by atoms with E-state index in [2.05, 4.69) is 11.1 Å². The number of pyridine rings is 1. The predicted octanol–water partition coefficient (Wildman–Crippen LogP) is 6.56. The van der Waals surface area contributed by atoms with E-state index >= 15 is 0 Å². The molecule has 0 aliphatic heterocycles. The Hall–Kier alpha value is -2.48. The molecule has 0 radical (unpaired) electrons. The van der Waals surface area contributed by atoms with Crippen LogP contribution in [-0.2, 0) is 14.3 Å². The van der Waals surface area contributed by atoms with Crippen molar-refractivity contribution in [3.8, 4) is 0 Å². The van der Waals surface area contributed by atoms with E-state index < -0.39 is 5.97 Å². The van der Waals surface area contributed by atoms with E-state index in [0.29, 0.717) is 22.9 Å². The minimum atomic E-state index is -0.818. The number of nitrogens with zero attached hydrogens (tertiary/aromatic N) is 1. The van der Waals surface area contributed by atoms with Gasteiger partial charge in [0, 0.05) is 21.9 Å². The zero-order chi connectivity index (χ0) is 23.6. The van der Waals surface area contributed by atoms with Crippen molar-refractivity contribution in [3.63, 3.8) is 0 Å². The number of benzene rings is 2. The molecule has 0 bridgehead atoms. The third-order valence-electron chi connectivity index (χ3n) is 4.69. The summed E-state index contributed by atoms with van der Waals surface area (Å²) in [6.45, 7) is 0. The average Bonchev–Trinajstić information content (AvgIpc) is 2.81. The Kier molecular flexibility index (Phi) is 9.66. The van der Waals surface area contributed by atoms with Gasteiger partial charge >= 0.3 is 11.9 Å². The molecule has 0 unspecified atom stereocenters. The molecule has 0 aliphatic carbocycles. The highest BCUT2D eigenvalue weighted by atomic mass is 35.5. The smallest absolute Gasteiger partial charge is 0.306 e. The molecular formula is C25H24ClNO4S2. The van der Waals surface area contributed by atoms with Crippen molar-refractivity contribution >= 4 is 70.1 Å². The standard InChI is InChI=1S/C25H24ClNO4S2/c1-31-24(30)12-14-33-25(32-13-11-23(28)29)19-4-2-3-17(15-19)5-9-21-10-7-18-6-8-20(26)16-22(18)27-21/h2-10,15-16,25H,11-14H2,1H3,(H,28,29)/b9-5+/t25-/m0/s1. The van der Waals surface area contributed by atoms with Gasteiger partial charge in [-0.05, 0) is 41.5 Å². The lowest BCUT2D eigenvalue weighted by molar-refractivity contribution is -0.140. The van der Waals surface area contributed by atoms with Crippen LogP contribution in [-0.4, -0.2) is 40.6 Å². The fourth-order valence-electron chi connectivity index (χ4n) is 3.04. The highest BCUT2D eigenvalue weighted by molar-refractivity contribution is 8.16. The van der Waals surface area contributed by atoms with Gasteiger partial charge in [0.25, 0.3) is 0 Å². The fraction of sp³-hybridized carbons (Fsp3) is 0.240. The number of carbonyl (C=O) groups is 2. The first-order chi connectivity index (χ1) is 15.9. The number of thioether (sulfide) groups is 2. The second kappa shape index (κ2) is 12.7. The lowest BCUT2D eigenvalue weighted by Crippen LogP contribution is -2.03. The number of carbonyl (C=O) groups excluding carboxylic acids is 1. The van der Waals surface area contributed by atoms with E-state index in [-0.39, 0.29) is 17.0 Å². The Morgan fingerprint density at radius 1 is 1.06 bits per heavy atom. The molecule has 2 aromatic carbocycles. The molecule has 0 aliphatic rings. The summed E-state index contributed by atoms with van der Waals surface area (Å²) in [5, 5.41) is 10.7. The van der Waals surface area contributed by atoms with Crippen molar-refractivity contribution in [3.05, 3.63) is 76.4 Å². The SMILES string of the molecule is COC(=O)CCS[C@H](SCCC(=O)O)c1cccc(/C=C/c2ccc3ccc(Cl)cc3n2)c1. The van der Waals surface area contributed by atoms with Crippen molar-refractivity contribution < 1.29 is 19.4 Å². The molecule has 1 N–H and O–H groups in total. The van der Waals surface area contributed by atoms with Crippen molar-refractivity contribution in [2.24, 2.45) is 0 Å². The number of methoxy groups -OCH3 is 1. The molecule has 33 heavy (non-hydrogen) atoms. The molecule has 1 atom stereocenters. The second-order valence-corrected chi connectivity index (χ2v) is 10.3. The number of fused-ring (bicyclic) bond motifs is 1. The summed E-state index contributed by atoms with van der Waals surface area (Å²) in [6, 6.07) is 17.7. The number of rotatable bonds is 11. The molecule has 0 fully saturated rings. The van der Waals surface area contributed by atoms with E-state index in [0.717, 1.165) is 27.7 Å². The number of carboxylic acid groups (broad SMARTS) is 1. The Labute approximate surface area is 206 Å². The van der Waals surface area contributed by atoms with Crippen LogP contribution in [0.1, 0.15) is 34.2 Å². The van der Waals surface area contributed by atoms with Crippen molar-refractivity contribution in [1.29, 1.82) is 0 Å². The lowest BCUT2D eigenvalue weighted by atomic mass is 10.1. The monoisotopic (exact) mass is 501 g/mol. The first-order valence-electron chi connectivity index (χ1n) is 10.3. The summed E-state index contributed by atoms with van der Waals surface area (Å²) in [7, 11) is 1.38. The minimum absolute atomic E-state index is 0.0169. The number of esters is 1. The number of ether oxygens (including phenoxy) is 1. The molecule has 0 spiro atoms. The van der Waals surface area contributed by atoms with Gasteiger partial charge in [0.05, 0.1) is 35.7 Å². The summed E-state index contributed by atoms with van der Waals surface area (Å²) in [5.41, 5.74) is 3.75. The number of hydrogen-bond acceptors (Lipinski definition) is 6. The van der Waals surface area contributed by atoms with E-state index in [1.165, 1.54) is 7.11 Å². The number of halogens is 1. The Bertz CT molecular complexity index is 1150. The maximum Gasteiger partial charge on any atom is 0.306 e. The van der Waals surface area contributed by atoms with Crippen LogP contribution in [0.25, 0.3) is 23.1 Å². The van der Waals surface area contributed by atoms with Crippen LogP contribution in [0.5, 0.6) is 0 Å². The van der Waals surface area contributed by atoms with E-state index in [4.69, 9.17) is 21.4 Å². The first-order valence-corrected chi connectivity index (χ1v) is 12.8. The number of aromatic nitrogens is 1. The molecule has 3 aromatic rings. The van der Waals surface area contributed by atoms with Crippen molar-refractivity contribution in [2.45, 2.75) is 17.4 Å². The molecule has 1 heterocycles. The van der Waals surface area contributed by atoms with Gasteiger partial charge in [-0.1, -0.05) is 48.0 Å². The molecule has 1 aromatic heterocycles. The normalized spacial score (nSPS) is 12.2. The van der Waals surface area contributed by atoms with Crippen LogP contribution >= 0.6 is 35.1 Å². The molecule has 172 valence electrons. The zero-order valence-corrected chi connectivity index (χ0v) is 20.5. The van der Waals surface area contributed by atoms with E-state index in [1.807, 2.05) is 60.7 Å². The molecule has 0 saturated heterocycles. The van der Waals surface area contributed by atoms with Crippen molar-refractivity contribution in [1.82, 2.24) is 4.98 Å². The highest BCUT2D eigenvalue weighted by Crippen LogP contribution is 2.40. The maximum atomic E-state index is 11.5. The summed E-state index contributed by atoms with van der Waals surface area (Å²) in [4.78, 5) is 27.0. The van der Waals surface area contributed by atoms with Gasteiger partial charge in [-0.25, -0.2) is 4.98 Å². The van der Waals surface area contributed by atoms with E-state index in [1.54, 1.807) is 23.5 Å². The van der Waals surface area contributed by atoms with Crippen LogP contribution < -0.4 is 0 Å². The van der Waals surface area contributed by atoms with Gasteiger partial charge in [-0.3, -0.25) is 9.59 Å². The maximum absolute atomic E-state index is 11.5. The fourth-order valence-corrected chi connectivity index (χ4v) is 5.85. The number of hydrogen-bond donors (Lipinski definition) is 1. The number of aliphatic carboxylic acids is 1. The van der Waals surface area contributed by atoms with Crippen LogP contribution in [0.15, 0.2) is 54.6 Å². The van der Waals surface area contributed by atoms with Gasteiger partial charge in [-0.2, -0.15) is 0 Å². The summed E-state index contributed by atoms with van der Waals surface area (Å²) in [6.07, 6.45) is 4.36. The Morgan fingerprint density at radius 3 is 2.58 bits per heavy atom. The predicted molar refractivity (Wildman–Crippen MR) is 139 cm³/mol. The van der Waals surface area contributed by atoms with Crippen molar-refractivity contribution in [2.75, 3.05) is 18.6 Å². The van der Waals surface area contributed by atoms with Gasteiger partial charge in [0.15, 0.2) is 0 Å². The summed E-state index contributed by atoms with van der Waals surface area (Å²) in [5.74, 6) is 0.0231. The van der Waals surface area contributed by atoms with Crippen LogP contribution in [0, 0.1) is 0 Å². The Morgan fingerprint density at radius 2 is 1.82 bits per heavy atom. The third-order valence-corrected chi connectivity index (χ3v) is 7.77. The van der Waals surface area contributed by atoms with E-state index in [9.17, 15) is 9.59 Å². The van der Waals surface area contributed by atoms with Gasteiger partial charge in [-0.15, -0.1) is 23.5 Å².